The third kappa shape index (κ3) is 2.57. The van der Waals surface area contributed by atoms with E-state index in [1.54, 1.807) is 12.1 Å². The number of nitrogens with one attached hydrogen (secondary N) is 1. The highest BCUT2D eigenvalue weighted by Crippen LogP contribution is 2.30. The zero-order valence-corrected chi connectivity index (χ0v) is 9.67. The number of rotatable bonds is 4. The second-order valence-corrected chi connectivity index (χ2v) is 4.47. The fourth-order valence-electron chi connectivity index (χ4n) is 2.02. The molecule has 0 amide bonds. The van der Waals surface area contributed by atoms with Crippen LogP contribution in [0.2, 0.25) is 0 Å². The molecule has 0 aliphatic heterocycles. The monoisotopic (exact) mass is 247 g/mol. The van der Waals surface area contributed by atoms with Gasteiger partial charge in [-0.25, -0.2) is 0 Å². The lowest BCUT2D eigenvalue weighted by atomic mass is 9.82. The molecule has 2 N–H and O–H groups in total. The van der Waals surface area contributed by atoms with Crippen molar-refractivity contribution in [3.05, 3.63) is 33.9 Å². The van der Waals surface area contributed by atoms with E-state index in [1.807, 2.05) is 6.07 Å². The van der Waals surface area contributed by atoms with Gasteiger partial charge in [0.25, 0.3) is 5.69 Å². The van der Waals surface area contributed by atoms with Crippen molar-refractivity contribution in [3.8, 4) is 6.07 Å². The molecule has 94 valence electrons. The van der Waals surface area contributed by atoms with Gasteiger partial charge in [0, 0.05) is 12.6 Å². The minimum Gasteiger partial charge on any atom is -0.393 e. The molecule has 0 radical (unpaired) electrons. The summed E-state index contributed by atoms with van der Waals surface area (Å²) in [5.41, 5.74) is 0.598. The molecule has 18 heavy (non-hydrogen) atoms. The minimum absolute atomic E-state index is 0.0890. The quantitative estimate of drug-likeness (QED) is 0.622. The Bertz CT molecular complexity index is 504. The van der Waals surface area contributed by atoms with Crippen LogP contribution in [0, 0.1) is 27.4 Å². The lowest BCUT2D eigenvalue weighted by molar-refractivity contribution is -0.384. The van der Waals surface area contributed by atoms with Crippen LogP contribution >= 0.6 is 0 Å². The number of nitrogens with zero attached hydrogens (tertiary/aromatic N) is 2. The van der Waals surface area contributed by atoms with Crippen molar-refractivity contribution in [1.29, 1.82) is 5.26 Å². The second-order valence-electron chi connectivity index (χ2n) is 4.47. The highest BCUT2D eigenvalue weighted by molar-refractivity contribution is 5.64. The Labute approximate surface area is 104 Å². The van der Waals surface area contributed by atoms with E-state index < -0.39 is 4.92 Å². The first kappa shape index (κ1) is 12.3. The van der Waals surface area contributed by atoms with E-state index in [0.717, 1.165) is 12.8 Å². The van der Waals surface area contributed by atoms with Crippen LogP contribution in [0.3, 0.4) is 0 Å². The second kappa shape index (κ2) is 5.02. The molecule has 1 aromatic carbocycles. The van der Waals surface area contributed by atoms with Crippen LogP contribution in [0.25, 0.3) is 0 Å². The zero-order chi connectivity index (χ0) is 13.1. The first-order valence-electron chi connectivity index (χ1n) is 5.70. The van der Waals surface area contributed by atoms with Gasteiger partial charge < -0.3 is 10.4 Å². The van der Waals surface area contributed by atoms with Gasteiger partial charge in [-0.2, -0.15) is 5.26 Å². The standard InChI is InChI=1S/C12H13N3O3/c13-6-8-1-2-11(12(5-8)15(17)18)14-7-9-3-10(16)4-9/h1-2,5,9-10,14,16H,3-4,7H2. The van der Waals surface area contributed by atoms with Gasteiger partial charge in [-0.15, -0.1) is 0 Å². The number of aliphatic hydroxyl groups excluding tert-OH is 1. The molecule has 6 heteroatoms. The van der Waals surface area contributed by atoms with Crippen molar-refractivity contribution in [2.75, 3.05) is 11.9 Å². The Morgan fingerprint density at radius 1 is 1.56 bits per heavy atom. The van der Waals surface area contributed by atoms with Gasteiger partial charge >= 0.3 is 0 Å². The summed E-state index contributed by atoms with van der Waals surface area (Å²) >= 11 is 0. The van der Waals surface area contributed by atoms with Crippen LogP contribution in [0.15, 0.2) is 18.2 Å². The molecule has 0 spiro atoms. The summed E-state index contributed by atoms with van der Waals surface area (Å²) in [6, 6.07) is 6.23. The molecule has 2 rings (SSSR count). The number of aliphatic hydroxyl groups is 1. The molecular formula is C12H13N3O3. The first-order chi connectivity index (χ1) is 8.60. The molecule has 0 saturated heterocycles. The highest BCUT2D eigenvalue weighted by atomic mass is 16.6. The maximum Gasteiger partial charge on any atom is 0.293 e. The van der Waals surface area contributed by atoms with Crippen molar-refractivity contribution in [2.45, 2.75) is 18.9 Å². The Kier molecular flexibility index (Phi) is 3.44. The van der Waals surface area contributed by atoms with Crippen molar-refractivity contribution in [1.82, 2.24) is 0 Å². The van der Waals surface area contributed by atoms with E-state index in [2.05, 4.69) is 5.32 Å². The summed E-state index contributed by atoms with van der Waals surface area (Å²) in [5, 5.41) is 31.8. The summed E-state index contributed by atoms with van der Waals surface area (Å²) < 4.78 is 0. The van der Waals surface area contributed by atoms with Crippen LogP contribution in [-0.2, 0) is 0 Å². The summed E-state index contributed by atoms with van der Waals surface area (Å²) in [4.78, 5) is 10.4. The SMILES string of the molecule is N#Cc1ccc(NCC2CC(O)C2)c([N+](=O)[O-])c1. The highest BCUT2D eigenvalue weighted by Gasteiger charge is 2.27. The smallest absolute Gasteiger partial charge is 0.293 e. The van der Waals surface area contributed by atoms with Crippen molar-refractivity contribution < 1.29 is 10.0 Å². The summed E-state index contributed by atoms with van der Waals surface area (Å²) in [6.45, 7) is 0.601. The van der Waals surface area contributed by atoms with E-state index >= 15 is 0 Å². The predicted octanol–water partition coefficient (Wildman–Crippen LogP) is 1.65. The van der Waals surface area contributed by atoms with Gasteiger partial charge in [-0.3, -0.25) is 10.1 Å². The average molecular weight is 247 g/mol. The number of nitriles is 1. The topological polar surface area (TPSA) is 99.2 Å². The average Bonchev–Trinajstić information content (AvgIpc) is 2.33. The van der Waals surface area contributed by atoms with Crippen LogP contribution < -0.4 is 5.32 Å². The Morgan fingerprint density at radius 2 is 2.28 bits per heavy atom. The zero-order valence-electron chi connectivity index (χ0n) is 9.67. The van der Waals surface area contributed by atoms with Crippen molar-refractivity contribution in [3.63, 3.8) is 0 Å². The number of anilines is 1. The molecule has 1 aromatic rings. The molecular weight excluding hydrogens is 234 g/mol. The van der Waals surface area contributed by atoms with E-state index in [9.17, 15) is 10.1 Å². The summed E-state index contributed by atoms with van der Waals surface area (Å²) in [7, 11) is 0. The third-order valence-corrected chi connectivity index (χ3v) is 3.12. The lowest BCUT2D eigenvalue weighted by Crippen LogP contribution is -2.33. The van der Waals surface area contributed by atoms with Crippen LogP contribution in [-0.4, -0.2) is 22.7 Å². The van der Waals surface area contributed by atoms with Gasteiger partial charge in [0.1, 0.15) is 5.69 Å². The Hall–Kier alpha value is -2.13. The number of hydrogen-bond acceptors (Lipinski definition) is 5. The van der Waals surface area contributed by atoms with Crippen LogP contribution in [0.4, 0.5) is 11.4 Å². The first-order valence-corrected chi connectivity index (χ1v) is 5.70. The third-order valence-electron chi connectivity index (χ3n) is 3.12. The van der Waals surface area contributed by atoms with Gasteiger partial charge in [-0.1, -0.05) is 0 Å². The number of nitro groups is 1. The van der Waals surface area contributed by atoms with Crippen LogP contribution in [0.5, 0.6) is 0 Å². The largest absolute Gasteiger partial charge is 0.393 e. The molecule has 0 unspecified atom stereocenters. The molecule has 0 aromatic heterocycles. The number of nitro benzene ring substituents is 1. The summed E-state index contributed by atoms with van der Waals surface area (Å²) in [6.07, 6.45) is 1.24. The van der Waals surface area contributed by atoms with Crippen molar-refractivity contribution >= 4 is 11.4 Å². The fraction of sp³-hybridized carbons (Fsp3) is 0.417. The van der Waals surface area contributed by atoms with E-state index in [4.69, 9.17) is 10.4 Å². The molecule has 1 fully saturated rings. The number of benzene rings is 1. The maximum absolute atomic E-state index is 10.9. The lowest BCUT2D eigenvalue weighted by Gasteiger charge is -2.31. The molecule has 1 aliphatic rings. The van der Waals surface area contributed by atoms with Crippen LogP contribution in [0.1, 0.15) is 18.4 Å². The molecule has 0 heterocycles. The van der Waals surface area contributed by atoms with E-state index in [0.29, 0.717) is 18.2 Å². The van der Waals surface area contributed by atoms with Gasteiger partial charge in [0.2, 0.25) is 0 Å². The molecule has 1 aliphatic carbocycles. The van der Waals surface area contributed by atoms with Crippen molar-refractivity contribution in [2.24, 2.45) is 5.92 Å². The fourth-order valence-corrected chi connectivity index (χ4v) is 2.02. The molecule has 0 bridgehead atoms. The summed E-state index contributed by atoms with van der Waals surface area (Å²) in [5.74, 6) is 0.357. The molecule has 0 atom stereocenters. The molecule has 1 saturated carbocycles. The number of hydrogen-bond donors (Lipinski definition) is 2. The normalized spacial score (nSPS) is 21.8. The maximum atomic E-state index is 10.9. The molecule has 6 nitrogen and oxygen atoms in total. The van der Waals surface area contributed by atoms with Gasteiger partial charge in [0.15, 0.2) is 0 Å². The predicted molar refractivity (Wildman–Crippen MR) is 65.0 cm³/mol. The van der Waals surface area contributed by atoms with E-state index in [-0.39, 0.29) is 17.4 Å². The van der Waals surface area contributed by atoms with E-state index in [1.165, 1.54) is 6.07 Å². The van der Waals surface area contributed by atoms with Gasteiger partial charge in [0.05, 0.1) is 22.7 Å². The van der Waals surface area contributed by atoms with Gasteiger partial charge in [-0.05, 0) is 30.9 Å². The Morgan fingerprint density at radius 3 is 2.83 bits per heavy atom. The minimum atomic E-state index is -0.501. The Balaban J connectivity index is 2.07.